The van der Waals surface area contributed by atoms with Crippen molar-refractivity contribution in [1.82, 2.24) is 9.88 Å². The van der Waals surface area contributed by atoms with E-state index in [-0.39, 0.29) is 12.1 Å². The van der Waals surface area contributed by atoms with Gasteiger partial charge in [-0.1, -0.05) is 41.4 Å². The number of pyridine rings is 1. The number of carbonyl (C=O) groups excluding carboxylic acids is 2. The number of amides is 1. The number of hydrogen-bond acceptors (Lipinski definition) is 5. The molecule has 29 heavy (non-hydrogen) atoms. The lowest BCUT2D eigenvalue weighted by Gasteiger charge is -2.27. The quantitative estimate of drug-likeness (QED) is 0.546. The Hall–Kier alpha value is -2.67. The first-order valence-electron chi connectivity index (χ1n) is 8.63. The molecule has 0 spiro atoms. The van der Waals surface area contributed by atoms with E-state index in [1.165, 1.54) is 16.2 Å². The molecule has 0 fully saturated rings. The van der Waals surface area contributed by atoms with E-state index in [2.05, 4.69) is 4.98 Å². The van der Waals surface area contributed by atoms with Crippen LogP contribution >= 0.6 is 34.5 Å². The minimum Gasteiger partial charge on any atom is -0.503 e. The molecule has 0 aliphatic carbocycles. The fourth-order valence-electron chi connectivity index (χ4n) is 3.31. The Morgan fingerprint density at radius 3 is 2.66 bits per heavy atom. The number of Topliss-reactive ketones (excluding diaryl/α,β-unsaturated/α-hetero) is 1. The van der Waals surface area contributed by atoms with Crippen molar-refractivity contribution in [3.8, 4) is 0 Å². The molecule has 0 radical (unpaired) electrons. The Bertz CT molecular complexity index is 1110. The molecule has 5 nitrogen and oxygen atoms in total. The molecule has 2 aromatic heterocycles. The Morgan fingerprint density at radius 1 is 1.17 bits per heavy atom. The monoisotopic (exact) mass is 444 g/mol. The number of benzene rings is 1. The number of aliphatic hydroxyl groups excluding tert-OH is 1. The van der Waals surface area contributed by atoms with Gasteiger partial charge in [-0.2, -0.15) is 0 Å². The van der Waals surface area contributed by atoms with Crippen molar-refractivity contribution < 1.29 is 14.7 Å². The third-order valence-corrected chi connectivity index (χ3v) is 6.24. The van der Waals surface area contributed by atoms with Crippen LogP contribution in [0.5, 0.6) is 0 Å². The maximum Gasteiger partial charge on any atom is 0.290 e. The summed E-state index contributed by atoms with van der Waals surface area (Å²) in [5.74, 6) is -1.57. The van der Waals surface area contributed by atoms with Crippen LogP contribution in [0.2, 0.25) is 10.0 Å². The summed E-state index contributed by atoms with van der Waals surface area (Å²) in [6.45, 7) is 0.170. The molecule has 1 aliphatic heterocycles. The molecule has 0 unspecified atom stereocenters. The van der Waals surface area contributed by atoms with Crippen LogP contribution in [0.15, 0.2) is 71.6 Å². The smallest absolute Gasteiger partial charge is 0.290 e. The van der Waals surface area contributed by atoms with Crippen molar-refractivity contribution in [3.63, 3.8) is 0 Å². The summed E-state index contributed by atoms with van der Waals surface area (Å²) in [6.07, 6.45) is 3.27. The van der Waals surface area contributed by atoms with Gasteiger partial charge in [0.1, 0.15) is 0 Å². The third kappa shape index (κ3) is 3.67. The number of nitrogens with zero attached hydrogens (tertiary/aromatic N) is 2. The van der Waals surface area contributed by atoms with Gasteiger partial charge in [-0.25, -0.2) is 0 Å². The van der Waals surface area contributed by atoms with Crippen molar-refractivity contribution in [1.29, 1.82) is 0 Å². The molecule has 1 aromatic carbocycles. The van der Waals surface area contributed by atoms with Crippen molar-refractivity contribution in [2.75, 3.05) is 0 Å². The van der Waals surface area contributed by atoms with Crippen LogP contribution in [0.1, 0.15) is 26.8 Å². The Balaban J connectivity index is 1.82. The second-order valence-electron chi connectivity index (χ2n) is 6.44. The first-order chi connectivity index (χ1) is 14.0. The zero-order valence-corrected chi connectivity index (χ0v) is 17.2. The molecular formula is C21H14Cl2N2O3S. The van der Waals surface area contributed by atoms with Crippen LogP contribution in [0.3, 0.4) is 0 Å². The van der Waals surface area contributed by atoms with Gasteiger partial charge < -0.3 is 10.0 Å². The van der Waals surface area contributed by atoms with Crippen molar-refractivity contribution >= 4 is 46.2 Å². The van der Waals surface area contributed by atoms with Gasteiger partial charge in [-0.05, 0) is 40.8 Å². The molecule has 1 atom stereocenters. The lowest BCUT2D eigenvalue weighted by atomic mass is 9.95. The van der Waals surface area contributed by atoms with Crippen LogP contribution < -0.4 is 0 Å². The first kappa shape index (κ1) is 19.6. The summed E-state index contributed by atoms with van der Waals surface area (Å²) in [4.78, 5) is 32.0. The summed E-state index contributed by atoms with van der Waals surface area (Å²) < 4.78 is 0. The SMILES string of the molecule is O=C(C1=C(O)C(=O)N(Cc2cccnc2)[C@H]1c1ccc(Cl)c(Cl)c1)c1cccs1. The number of aliphatic hydroxyl groups is 1. The number of aromatic nitrogens is 1. The van der Waals surface area contributed by atoms with Gasteiger partial charge >= 0.3 is 0 Å². The fourth-order valence-corrected chi connectivity index (χ4v) is 4.29. The average molecular weight is 445 g/mol. The molecule has 3 aromatic rings. The largest absolute Gasteiger partial charge is 0.503 e. The third-order valence-electron chi connectivity index (χ3n) is 4.63. The molecule has 1 amide bonds. The zero-order valence-electron chi connectivity index (χ0n) is 14.9. The van der Waals surface area contributed by atoms with Gasteiger partial charge in [0.2, 0.25) is 5.78 Å². The van der Waals surface area contributed by atoms with Gasteiger partial charge in [0, 0.05) is 18.9 Å². The minimum atomic E-state index is -0.799. The molecule has 146 valence electrons. The molecular weight excluding hydrogens is 431 g/mol. The standard InChI is InChI=1S/C21H14Cl2N2O3S/c22-14-6-5-13(9-15(14)23)18-17(19(26)16-4-2-8-29-16)20(27)21(28)25(18)11-12-3-1-7-24-10-12/h1-10,18,27H,11H2/t18-/m0/s1. The molecule has 0 bridgehead atoms. The second kappa shape index (κ2) is 7.99. The number of rotatable bonds is 5. The van der Waals surface area contributed by atoms with Crippen LogP contribution in [-0.4, -0.2) is 26.7 Å². The van der Waals surface area contributed by atoms with E-state index in [0.717, 1.165) is 5.56 Å². The highest BCUT2D eigenvalue weighted by Crippen LogP contribution is 2.41. The summed E-state index contributed by atoms with van der Waals surface area (Å²) in [5, 5.41) is 13.1. The summed E-state index contributed by atoms with van der Waals surface area (Å²) in [5.41, 5.74) is 1.38. The Morgan fingerprint density at radius 2 is 2.00 bits per heavy atom. The van der Waals surface area contributed by atoms with E-state index in [1.807, 2.05) is 6.07 Å². The van der Waals surface area contributed by atoms with E-state index < -0.39 is 23.5 Å². The van der Waals surface area contributed by atoms with Crippen LogP contribution in [0.25, 0.3) is 0 Å². The van der Waals surface area contributed by atoms with Crippen molar-refractivity contribution in [2.45, 2.75) is 12.6 Å². The zero-order chi connectivity index (χ0) is 20.5. The molecule has 3 heterocycles. The lowest BCUT2D eigenvalue weighted by Crippen LogP contribution is -2.30. The Kier molecular flexibility index (Phi) is 5.41. The predicted molar refractivity (Wildman–Crippen MR) is 112 cm³/mol. The number of thiophene rings is 1. The molecule has 0 saturated carbocycles. The highest BCUT2D eigenvalue weighted by atomic mass is 35.5. The van der Waals surface area contributed by atoms with Gasteiger partial charge in [-0.3, -0.25) is 14.6 Å². The fraction of sp³-hybridized carbons (Fsp3) is 0.0952. The van der Waals surface area contributed by atoms with Crippen LogP contribution in [-0.2, 0) is 11.3 Å². The highest BCUT2D eigenvalue weighted by Gasteiger charge is 2.44. The van der Waals surface area contributed by atoms with Crippen molar-refractivity contribution in [2.24, 2.45) is 0 Å². The lowest BCUT2D eigenvalue weighted by molar-refractivity contribution is -0.130. The molecule has 4 rings (SSSR count). The molecule has 0 saturated heterocycles. The van der Waals surface area contributed by atoms with Gasteiger partial charge in [0.25, 0.3) is 5.91 Å². The first-order valence-corrected chi connectivity index (χ1v) is 10.3. The minimum absolute atomic E-state index is 0.0275. The van der Waals surface area contributed by atoms with Gasteiger partial charge in [-0.15, -0.1) is 11.3 Å². The normalized spacial score (nSPS) is 16.6. The highest BCUT2D eigenvalue weighted by molar-refractivity contribution is 7.12. The predicted octanol–water partition coefficient (Wildman–Crippen LogP) is 5.23. The van der Waals surface area contributed by atoms with Gasteiger partial charge in [0.05, 0.1) is 26.5 Å². The number of carbonyl (C=O) groups is 2. The van der Waals surface area contributed by atoms with E-state index in [0.29, 0.717) is 20.5 Å². The Labute approximate surface area is 180 Å². The average Bonchev–Trinajstić information content (AvgIpc) is 3.34. The van der Waals surface area contributed by atoms with Crippen LogP contribution in [0.4, 0.5) is 0 Å². The summed E-state index contributed by atoms with van der Waals surface area (Å²) >= 11 is 13.5. The number of halogens is 2. The van der Waals surface area contributed by atoms with E-state index in [1.54, 1.807) is 54.2 Å². The van der Waals surface area contributed by atoms with Crippen LogP contribution in [0, 0.1) is 0 Å². The molecule has 1 aliphatic rings. The van der Waals surface area contributed by atoms with E-state index >= 15 is 0 Å². The topological polar surface area (TPSA) is 70.5 Å². The summed E-state index contributed by atoms with van der Waals surface area (Å²) in [7, 11) is 0. The van der Waals surface area contributed by atoms with Crippen molar-refractivity contribution in [3.05, 3.63) is 97.6 Å². The maximum absolute atomic E-state index is 13.1. The number of hydrogen-bond donors (Lipinski definition) is 1. The number of ketones is 1. The van der Waals surface area contributed by atoms with E-state index in [9.17, 15) is 14.7 Å². The van der Waals surface area contributed by atoms with Gasteiger partial charge in [0.15, 0.2) is 5.76 Å². The molecule has 1 N–H and O–H groups in total. The second-order valence-corrected chi connectivity index (χ2v) is 8.20. The van der Waals surface area contributed by atoms with E-state index in [4.69, 9.17) is 23.2 Å². The maximum atomic E-state index is 13.1. The summed E-state index contributed by atoms with van der Waals surface area (Å²) in [6, 6.07) is 11.1. The molecule has 8 heteroatoms.